The second-order valence-corrected chi connectivity index (χ2v) is 6.01. The van der Waals surface area contributed by atoms with Crippen LogP contribution in [-0.2, 0) is 5.60 Å². The van der Waals surface area contributed by atoms with Crippen LogP contribution in [0.3, 0.4) is 0 Å². The molecule has 0 saturated heterocycles. The van der Waals surface area contributed by atoms with Gasteiger partial charge in [0, 0.05) is 4.47 Å². The predicted molar refractivity (Wildman–Crippen MR) is 84.5 cm³/mol. The Bertz CT molecular complexity index is 727. The van der Waals surface area contributed by atoms with Crippen molar-refractivity contribution in [2.24, 2.45) is 0 Å². The Balaban J connectivity index is 2.59. The first-order chi connectivity index (χ1) is 11.1. The van der Waals surface area contributed by atoms with Gasteiger partial charge in [0.25, 0.3) is 0 Å². The van der Waals surface area contributed by atoms with Gasteiger partial charge in [-0.05, 0) is 29.3 Å². The van der Waals surface area contributed by atoms with E-state index in [0.29, 0.717) is 11.6 Å². The molecule has 0 aliphatic heterocycles. The summed E-state index contributed by atoms with van der Waals surface area (Å²) in [6.45, 7) is 0. The van der Waals surface area contributed by atoms with E-state index in [-0.39, 0.29) is 4.47 Å². The van der Waals surface area contributed by atoms with Gasteiger partial charge in [-0.25, -0.2) is 0 Å². The van der Waals surface area contributed by atoms with E-state index >= 15 is 0 Å². The number of hydrogen-bond donors (Lipinski definition) is 1. The molecule has 0 aliphatic rings. The second-order valence-electron chi connectivity index (χ2n) is 5.09. The summed E-state index contributed by atoms with van der Waals surface area (Å²) in [6.07, 6.45) is -4.43. The molecule has 0 heterocycles. The summed E-state index contributed by atoms with van der Waals surface area (Å²) in [5.41, 5.74) is -3.75. The molecule has 128 valence electrons. The van der Waals surface area contributed by atoms with Crippen LogP contribution >= 0.6 is 15.9 Å². The molecular weight excluding hydrogens is 395 g/mol. The molecule has 0 aliphatic carbocycles. The van der Waals surface area contributed by atoms with Crippen molar-refractivity contribution in [3.8, 4) is 0 Å². The van der Waals surface area contributed by atoms with E-state index < -0.39 is 23.3 Å². The molecule has 2 rings (SSSR count). The lowest BCUT2D eigenvalue weighted by Gasteiger charge is -2.35. The summed E-state index contributed by atoms with van der Waals surface area (Å²) >= 11 is 3.01. The van der Waals surface area contributed by atoms with Crippen LogP contribution in [0.1, 0.15) is 11.1 Å². The maximum Gasteiger partial charge on any atom is 0.457 e. The molecule has 0 bridgehead atoms. The van der Waals surface area contributed by atoms with E-state index in [0.717, 1.165) is 18.2 Å². The molecule has 1 atom stereocenters. The predicted octanol–water partition coefficient (Wildman–Crippen LogP) is 5.55. The molecule has 0 aromatic heterocycles. The fraction of sp³-hybridized carbons (Fsp3) is 0.176. The van der Waals surface area contributed by atoms with Crippen LogP contribution in [0.4, 0.5) is 22.0 Å². The van der Waals surface area contributed by atoms with Gasteiger partial charge in [-0.2, -0.15) is 22.0 Å². The van der Waals surface area contributed by atoms with E-state index in [4.69, 9.17) is 0 Å². The zero-order valence-electron chi connectivity index (χ0n) is 12.1. The average Bonchev–Trinajstić information content (AvgIpc) is 2.52. The lowest BCUT2D eigenvalue weighted by atomic mass is 9.86. The minimum Gasteiger partial charge on any atom is -0.375 e. The second kappa shape index (κ2) is 6.64. The van der Waals surface area contributed by atoms with Gasteiger partial charge >= 0.3 is 12.1 Å². The molecule has 0 fully saturated rings. The van der Waals surface area contributed by atoms with Gasteiger partial charge in [0.2, 0.25) is 0 Å². The highest BCUT2D eigenvalue weighted by atomic mass is 79.9. The van der Waals surface area contributed by atoms with Crippen LogP contribution in [0, 0.1) is 0 Å². The maximum absolute atomic E-state index is 14.1. The van der Waals surface area contributed by atoms with E-state index in [1.54, 1.807) is 18.2 Å². The molecule has 1 N–H and O–H groups in total. The SMILES string of the molecule is OC(/C=C/c1ccccc1)(c1cccc(Br)c1)C(F)(F)C(F)(F)F. The molecule has 24 heavy (non-hydrogen) atoms. The van der Waals surface area contributed by atoms with Crippen LogP contribution < -0.4 is 0 Å². The molecule has 7 heteroatoms. The third-order valence-corrected chi connectivity index (χ3v) is 3.91. The topological polar surface area (TPSA) is 20.2 Å². The van der Waals surface area contributed by atoms with Crippen molar-refractivity contribution in [1.82, 2.24) is 0 Å². The number of hydrogen-bond acceptors (Lipinski definition) is 1. The molecule has 2 aromatic rings. The molecule has 0 radical (unpaired) electrons. The zero-order chi connectivity index (χ0) is 18.0. The normalized spacial score (nSPS) is 15.5. The van der Waals surface area contributed by atoms with Crippen molar-refractivity contribution in [1.29, 1.82) is 0 Å². The van der Waals surface area contributed by atoms with Crippen LogP contribution in [0.5, 0.6) is 0 Å². The fourth-order valence-corrected chi connectivity index (χ4v) is 2.50. The highest BCUT2D eigenvalue weighted by molar-refractivity contribution is 9.10. The van der Waals surface area contributed by atoms with E-state index in [2.05, 4.69) is 15.9 Å². The van der Waals surface area contributed by atoms with Gasteiger partial charge in [-0.1, -0.05) is 64.5 Å². The summed E-state index contributed by atoms with van der Waals surface area (Å²) < 4.78 is 67.0. The van der Waals surface area contributed by atoms with Crippen molar-refractivity contribution in [2.45, 2.75) is 17.7 Å². The first kappa shape index (κ1) is 18.6. The Morgan fingerprint density at radius 1 is 0.875 bits per heavy atom. The quantitative estimate of drug-likeness (QED) is 0.660. The number of benzene rings is 2. The highest BCUT2D eigenvalue weighted by Crippen LogP contribution is 2.49. The van der Waals surface area contributed by atoms with Crippen molar-refractivity contribution >= 4 is 22.0 Å². The summed E-state index contributed by atoms with van der Waals surface area (Å²) in [5.74, 6) is -5.38. The van der Waals surface area contributed by atoms with Gasteiger partial charge in [-0.3, -0.25) is 0 Å². The van der Waals surface area contributed by atoms with E-state index in [1.807, 2.05) is 0 Å². The summed E-state index contributed by atoms with van der Waals surface area (Å²) in [7, 11) is 0. The third-order valence-electron chi connectivity index (χ3n) is 3.42. The summed E-state index contributed by atoms with van der Waals surface area (Å²) in [4.78, 5) is 0. The first-order valence-corrected chi connectivity index (χ1v) is 7.54. The Kier molecular flexibility index (Phi) is 5.15. The van der Waals surface area contributed by atoms with Crippen LogP contribution in [0.15, 0.2) is 65.1 Å². The molecule has 2 aromatic carbocycles. The lowest BCUT2D eigenvalue weighted by Crippen LogP contribution is -2.53. The molecule has 1 nitrogen and oxygen atoms in total. The van der Waals surface area contributed by atoms with Gasteiger partial charge in [0.05, 0.1) is 0 Å². The highest BCUT2D eigenvalue weighted by Gasteiger charge is 2.69. The minimum atomic E-state index is -5.93. The van der Waals surface area contributed by atoms with Crippen LogP contribution in [0.2, 0.25) is 0 Å². The van der Waals surface area contributed by atoms with E-state index in [9.17, 15) is 27.1 Å². The number of aliphatic hydroxyl groups is 1. The smallest absolute Gasteiger partial charge is 0.375 e. The Morgan fingerprint density at radius 2 is 1.50 bits per heavy atom. The number of halogens is 6. The first-order valence-electron chi connectivity index (χ1n) is 6.75. The van der Waals surface area contributed by atoms with Gasteiger partial charge in [0.1, 0.15) is 0 Å². The molecular formula is C17H12BrF5O. The summed E-state index contributed by atoms with van der Waals surface area (Å²) in [5, 5.41) is 10.4. The maximum atomic E-state index is 14.1. The molecule has 0 spiro atoms. The molecule has 1 unspecified atom stereocenters. The minimum absolute atomic E-state index is 0.268. The van der Waals surface area contributed by atoms with E-state index in [1.165, 1.54) is 24.3 Å². The standard InChI is InChI=1S/C17H12BrF5O/c18-14-8-4-7-13(11-14)15(24,16(19,20)17(21,22)23)10-9-12-5-2-1-3-6-12/h1-11,24H/b10-9+. The Morgan fingerprint density at radius 3 is 2.04 bits per heavy atom. The van der Waals surface area contributed by atoms with Gasteiger partial charge in [0.15, 0.2) is 5.60 Å². The largest absolute Gasteiger partial charge is 0.457 e. The van der Waals surface area contributed by atoms with Crippen LogP contribution in [-0.4, -0.2) is 17.2 Å². The third kappa shape index (κ3) is 3.52. The Labute approximate surface area is 143 Å². The monoisotopic (exact) mass is 406 g/mol. The Hall–Kier alpha value is -1.73. The number of alkyl halides is 5. The number of rotatable bonds is 4. The molecule has 0 saturated carbocycles. The van der Waals surface area contributed by atoms with Crippen molar-refractivity contribution in [3.63, 3.8) is 0 Å². The zero-order valence-corrected chi connectivity index (χ0v) is 13.7. The average molecular weight is 407 g/mol. The molecule has 0 amide bonds. The lowest BCUT2D eigenvalue weighted by molar-refractivity contribution is -0.334. The van der Waals surface area contributed by atoms with Crippen molar-refractivity contribution in [3.05, 3.63) is 76.3 Å². The van der Waals surface area contributed by atoms with Crippen molar-refractivity contribution in [2.75, 3.05) is 0 Å². The fourth-order valence-electron chi connectivity index (χ4n) is 2.10. The van der Waals surface area contributed by atoms with Gasteiger partial charge in [-0.15, -0.1) is 0 Å². The summed E-state index contributed by atoms with van der Waals surface area (Å²) in [6, 6.07) is 12.7. The van der Waals surface area contributed by atoms with Gasteiger partial charge < -0.3 is 5.11 Å². The van der Waals surface area contributed by atoms with Crippen molar-refractivity contribution < 1.29 is 27.1 Å². The van der Waals surface area contributed by atoms with Crippen LogP contribution in [0.25, 0.3) is 6.08 Å².